The highest BCUT2D eigenvalue weighted by atomic mass is 35.5. The smallest absolute Gasteiger partial charge is 0.467 e. The number of benzene rings is 1. The van der Waals surface area contributed by atoms with E-state index in [0.717, 1.165) is 16.3 Å². The summed E-state index contributed by atoms with van der Waals surface area (Å²) in [6, 6.07) is 1.48. The summed E-state index contributed by atoms with van der Waals surface area (Å²) in [4.78, 5) is 52.4. The molecule has 0 aromatic heterocycles. The molecule has 1 N–H and O–H groups in total. The predicted molar refractivity (Wildman–Crippen MR) is 154 cm³/mol. The Kier molecular flexibility index (Phi) is 12.3. The van der Waals surface area contributed by atoms with Gasteiger partial charge >= 0.3 is 18.1 Å². The Labute approximate surface area is 264 Å². The second-order valence-corrected chi connectivity index (χ2v) is 13.4. The van der Waals surface area contributed by atoms with Gasteiger partial charge in [0.2, 0.25) is 21.8 Å². The van der Waals surface area contributed by atoms with E-state index in [0.29, 0.717) is 19.3 Å². The number of carbonyl (C=O) groups excluding carboxylic acids is 4. The third kappa shape index (κ3) is 8.98. The summed E-state index contributed by atoms with van der Waals surface area (Å²) in [6.07, 6.45) is -3.83. The van der Waals surface area contributed by atoms with Crippen LogP contribution >= 0.6 is 23.2 Å². The van der Waals surface area contributed by atoms with Crippen LogP contribution in [-0.2, 0) is 33.9 Å². The van der Waals surface area contributed by atoms with Gasteiger partial charge in [0.25, 0.3) is 0 Å². The number of ether oxygens (including phenoxy) is 1. The molecule has 2 fully saturated rings. The van der Waals surface area contributed by atoms with Crippen LogP contribution in [0.1, 0.15) is 45.4 Å². The average molecular weight is 688 g/mol. The van der Waals surface area contributed by atoms with Crippen LogP contribution in [0.25, 0.3) is 0 Å². The molecule has 0 radical (unpaired) electrons. The molecule has 2 aliphatic heterocycles. The summed E-state index contributed by atoms with van der Waals surface area (Å²) in [5.41, 5.74) is 0. The van der Waals surface area contributed by atoms with Crippen molar-refractivity contribution < 1.29 is 45.5 Å². The van der Waals surface area contributed by atoms with Gasteiger partial charge in [0, 0.05) is 49.2 Å². The molecule has 0 saturated carbocycles. The zero-order valence-corrected chi connectivity index (χ0v) is 26.6. The molecule has 246 valence electrons. The fraction of sp³-hybridized carbons (Fsp3) is 0.630. The highest BCUT2D eigenvalue weighted by molar-refractivity contribution is 7.89. The number of rotatable bonds is 11. The van der Waals surface area contributed by atoms with Crippen LogP contribution in [0.5, 0.6) is 0 Å². The molecule has 2 heterocycles. The second kappa shape index (κ2) is 15.1. The molecule has 1 aromatic carbocycles. The lowest BCUT2D eigenvalue weighted by Gasteiger charge is -2.35. The van der Waals surface area contributed by atoms with Crippen LogP contribution in [0.15, 0.2) is 23.1 Å². The van der Waals surface area contributed by atoms with Crippen LogP contribution < -0.4 is 5.32 Å². The number of methoxy groups -OCH3 is 1. The molecule has 2 saturated heterocycles. The van der Waals surface area contributed by atoms with E-state index in [1.807, 2.05) is 0 Å². The first-order chi connectivity index (χ1) is 20.6. The van der Waals surface area contributed by atoms with Crippen molar-refractivity contribution in [1.82, 2.24) is 19.4 Å². The van der Waals surface area contributed by atoms with Gasteiger partial charge in [-0.25, -0.2) is 13.2 Å². The standard InChI is InChI=1S/C27H35Cl2F3N4O7S/c1-3-34(26(40)27(30,31)32)16-17-8-11-35(12-9-17)23(37)7-6-21(25(39)43-2)33-24(38)22-5-4-10-36(22)44(41,42)20-14-18(28)13-19(29)15-20/h13-15,17,21-22H,3-12,16H2,1-2H3,(H,33,38)/t21-,22-/m0/s1. The summed E-state index contributed by atoms with van der Waals surface area (Å²) >= 11 is 12.0. The maximum Gasteiger partial charge on any atom is 0.471 e. The molecule has 44 heavy (non-hydrogen) atoms. The van der Waals surface area contributed by atoms with E-state index in [9.17, 15) is 40.8 Å². The number of piperidine rings is 1. The van der Waals surface area contributed by atoms with Crippen LogP contribution in [0.2, 0.25) is 10.0 Å². The van der Waals surface area contributed by atoms with Gasteiger partial charge in [0.1, 0.15) is 12.1 Å². The lowest BCUT2D eigenvalue weighted by atomic mass is 9.95. The largest absolute Gasteiger partial charge is 0.471 e. The first kappa shape index (κ1) is 35.9. The molecule has 11 nitrogen and oxygen atoms in total. The molecule has 0 unspecified atom stereocenters. The van der Waals surface area contributed by atoms with Crippen molar-refractivity contribution in [3.05, 3.63) is 28.2 Å². The molecule has 2 aliphatic rings. The van der Waals surface area contributed by atoms with Gasteiger partial charge in [-0.2, -0.15) is 17.5 Å². The van der Waals surface area contributed by atoms with E-state index in [2.05, 4.69) is 5.32 Å². The second-order valence-electron chi connectivity index (χ2n) is 10.7. The van der Waals surface area contributed by atoms with E-state index in [1.165, 1.54) is 30.0 Å². The van der Waals surface area contributed by atoms with Gasteiger partial charge in [0.15, 0.2) is 0 Å². The molecule has 0 bridgehead atoms. The van der Waals surface area contributed by atoms with Crippen LogP contribution in [-0.4, -0.2) is 104 Å². The van der Waals surface area contributed by atoms with Crippen molar-refractivity contribution in [2.24, 2.45) is 5.92 Å². The van der Waals surface area contributed by atoms with Crippen LogP contribution in [0, 0.1) is 5.92 Å². The fourth-order valence-corrected chi connectivity index (χ4v) is 7.78. The first-order valence-electron chi connectivity index (χ1n) is 14.1. The van der Waals surface area contributed by atoms with Gasteiger partial charge in [-0.1, -0.05) is 23.2 Å². The van der Waals surface area contributed by atoms with E-state index >= 15 is 0 Å². The quantitative estimate of drug-likeness (QED) is 0.354. The van der Waals surface area contributed by atoms with Crippen LogP contribution in [0.3, 0.4) is 0 Å². The van der Waals surface area contributed by atoms with E-state index < -0.39 is 46.1 Å². The Balaban J connectivity index is 1.58. The molecule has 17 heteroatoms. The van der Waals surface area contributed by atoms with Crippen molar-refractivity contribution in [1.29, 1.82) is 0 Å². The summed E-state index contributed by atoms with van der Waals surface area (Å²) in [5, 5.41) is 2.74. The molecular weight excluding hydrogens is 652 g/mol. The zero-order chi connectivity index (χ0) is 32.8. The number of carbonyl (C=O) groups is 4. The average Bonchev–Trinajstić information content (AvgIpc) is 3.48. The Hall–Kier alpha value is -2.62. The number of sulfonamides is 1. The molecular formula is C27H35Cl2F3N4O7S. The van der Waals surface area contributed by atoms with Crippen molar-refractivity contribution in [2.45, 2.75) is 68.6 Å². The van der Waals surface area contributed by atoms with Crippen molar-refractivity contribution >= 4 is 56.9 Å². The number of hydrogen-bond donors (Lipinski definition) is 1. The third-order valence-corrected chi connectivity index (χ3v) is 10.1. The summed E-state index contributed by atoms with van der Waals surface area (Å²) in [7, 11) is -3.04. The summed E-state index contributed by atoms with van der Waals surface area (Å²) in [5.74, 6) is -3.96. The highest BCUT2D eigenvalue weighted by Gasteiger charge is 2.43. The van der Waals surface area contributed by atoms with Gasteiger partial charge in [-0.3, -0.25) is 14.4 Å². The van der Waals surface area contributed by atoms with Crippen molar-refractivity contribution in [2.75, 3.05) is 39.8 Å². The Morgan fingerprint density at radius 3 is 2.23 bits per heavy atom. The fourth-order valence-electron chi connectivity index (χ4n) is 5.40. The lowest BCUT2D eigenvalue weighted by molar-refractivity contribution is -0.186. The third-order valence-electron chi connectivity index (χ3n) is 7.76. The zero-order valence-electron chi connectivity index (χ0n) is 24.2. The summed E-state index contributed by atoms with van der Waals surface area (Å²) in [6.45, 7) is 1.90. The number of alkyl halides is 3. The maximum atomic E-state index is 13.3. The number of halogens is 5. The van der Waals surface area contributed by atoms with Gasteiger partial charge in [-0.15, -0.1) is 0 Å². The van der Waals surface area contributed by atoms with Gasteiger partial charge in [-0.05, 0) is 63.1 Å². The van der Waals surface area contributed by atoms with Crippen molar-refractivity contribution in [3.8, 4) is 0 Å². The molecule has 0 aliphatic carbocycles. The minimum atomic E-state index is -4.95. The Morgan fingerprint density at radius 1 is 1.07 bits per heavy atom. The molecule has 1 aromatic rings. The first-order valence-corrected chi connectivity index (χ1v) is 16.3. The minimum absolute atomic E-state index is 0.0578. The Bertz CT molecular complexity index is 1320. The molecule has 0 spiro atoms. The molecule has 3 amide bonds. The minimum Gasteiger partial charge on any atom is -0.467 e. The predicted octanol–water partition coefficient (Wildman–Crippen LogP) is 3.23. The SMILES string of the molecule is CCN(CC1CCN(C(=O)CC[C@H](NC(=O)[C@@H]2CCCN2S(=O)(=O)c2cc(Cl)cc(Cl)c2)C(=O)OC)CC1)C(=O)C(F)(F)F. The van der Waals surface area contributed by atoms with Gasteiger partial charge < -0.3 is 19.9 Å². The monoisotopic (exact) mass is 686 g/mol. The lowest BCUT2D eigenvalue weighted by Crippen LogP contribution is -2.51. The molecule has 3 rings (SSSR count). The number of amides is 3. The highest BCUT2D eigenvalue weighted by Crippen LogP contribution is 2.30. The normalized spacial score (nSPS) is 19.0. The van der Waals surface area contributed by atoms with Crippen LogP contribution in [0.4, 0.5) is 13.2 Å². The van der Waals surface area contributed by atoms with E-state index in [4.69, 9.17) is 27.9 Å². The number of likely N-dealkylation sites (tertiary alicyclic amines) is 1. The maximum absolute atomic E-state index is 13.3. The number of nitrogens with one attached hydrogen (secondary N) is 1. The topological polar surface area (TPSA) is 133 Å². The van der Waals surface area contributed by atoms with Gasteiger partial charge in [0.05, 0.1) is 12.0 Å². The Morgan fingerprint density at radius 2 is 1.68 bits per heavy atom. The number of hydrogen-bond acceptors (Lipinski definition) is 7. The van der Waals surface area contributed by atoms with Crippen molar-refractivity contribution in [3.63, 3.8) is 0 Å². The number of nitrogens with zero attached hydrogens (tertiary/aromatic N) is 3. The summed E-state index contributed by atoms with van der Waals surface area (Å²) < 4.78 is 71.0. The number of esters is 1. The van der Waals surface area contributed by atoms with E-state index in [-0.39, 0.29) is 78.8 Å². The molecule has 2 atom stereocenters. The van der Waals surface area contributed by atoms with E-state index in [1.54, 1.807) is 0 Å².